The van der Waals surface area contributed by atoms with Crippen LogP contribution in [0.15, 0.2) is 59.1 Å². The Bertz CT molecular complexity index is 1010. The molecule has 0 spiro atoms. The first-order valence-electron chi connectivity index (χ1n) is 11.0. The van der Waals surface area contributed by atoms with Crippen LogP contribution in [0.2, 0.25) is 0 Å². The van der Waals surface area contributed by atoms with Gasteiger partial charge in [-0.25, -0.2) is 4.98 Å². The van der Waals surface area contributed by atoms with Gasteiger partial charge in [-0.2, -0.15) is 0 Å². The maximum atomic E-state index is 12.7. The SMILES string of the molecule is CCOc1ccc(-c2cnc(CCC(=O)N3CCN(c4ccc(OC)cc4)CC3)o2)cc1. The fraction of sp³-hybridized carbons (Fsp3) is 0.360. The molecule has 2 heterocycles. The molecule has 0 atom stereocenters. The number of ether oxygens (including phenoxy) is 2. The smallest absolute Gasteiger partial charge is 0.223 e. The lowest BCUT2D eigenvalue weighted by Crippen LogP contribution is -2.48. The molecule has 1 aliphatic heterocycles. The molecule has 4 rings (SSSR count). The molecule has 1 fully saturated rings. The first kappa shape index (κ1) is 21.7. The third-order valence-electron chi connectivity index (χ3n) is 5.63. The van der Waals surface area contributed by atoms with Crippen LogP contribution in [0.4, 0.5) is 5.69 Å². The molecule has 0 radical (unpaired) electrons. The van der Waals surface area contributed by atoms with Gasteiger partial charge in [0, 0.05) is 50.3 Å². The maximum Gasteiger partial charge on any atom is 0.223 e. The molecule has 2 aromatic carbocycles. The van der Waals surface area contributed by atoms with E-state index >= 15 is 0 Å². The van der Waals surface area contributed by atoms with Gasteiger partial charge >= 0.3 is 0 Å². The van der Waals surface area contributed by atoms with Gasteiger partial charge in [-0.1, -0.05) is 0 Å². The number of benzene rings is 2. The number of oxazole rings is 1. The topological polar surface area (TPSA) is 68.0 Å². The van der Waals surface area contributed by atoms with Gasteiger partial charge in [-0.3, -0.25) is 4.79 Å². The molecule has 1 aliphatic rings. The van der Waals surface area contributed by atoms with Gasteiger partial charge in [0.25, 0.3) is 0 Å². The average Bonchev–Trinajstić information content (AvgIpc) is 3.32. The zero-order chi connectivity index (χ0) is 22.3. The van der Waals surface area contributed by atoms with E-state index in [1.165, 1.54) is 0 Å². The number of carbonyl (C=O) groups is 1. The van der Waals surface area contributed by atoms with E-state index in [0.29, 0.717) is 44.2 Å². The summed E-state index contributed by atoms with van der Waals surface area (Å²) in [4.78, 5) is 21.2. The minimum atomic E-state index is 0.139. The number of hydrogen-bond acceptors (Lipinski definition) is 6. The highest BCUT2D eigenvalue weighted by Crippen LogP contribution is 2.24. The van der Waals surface area contributed by atoms with E-state index in [0.717, 1.165) is 35.8 Å². The number of aromatic nitrogens is 1. The minimum Gasteiger partial charge on any atom is -0.497 e. The number of carbonyl (C=O) groups excluding carboxylic acids is 1. The zero-order valence-corrected chi connectivity index (χ0v) is 18.6. The number of piperazine rings is 1. The fourth-order valence-electron chi connectivity index (χ4n) is 3.82. The molecule has 0 aliphatic carbocycles. The molecule has 1 aromatic heterocycles. The summed E-state index contributed by atoms with van der Waals surface area (Å²) < 4.78 is 16.5. The Balaban J connectivity index is 1.25. The molecule has 7 heteroatoms. The predicted molar refractivity (Wildman–Crippen MR) is 123 cm³/mol. The first-order valence-corrected chi connectivity index (χ1v) is 11.0. The number of rotatable bonds is 8. The van der Waals surface area contributed by atoms with E-state index in [1.807, 2.05) is 48.2 Å². The van der Waals surface area contributed by atoms with Crippen molar-refractivity contribution >= 4 is 11.6 Å². The van der Waals surface area contributed by atoms with Crippen molar-refractivity contribution in [2.75, 3.05) is 44.8 Å². The summed E-state index contributed by atoms with van der Waals surface area (Å²) in [7, 11) is 1.67. The average molecular weight is 436 g/mol. The highest BCUT2D eigenvalue weighted by molar-refractivity contribution is 5.76. The summed E-state index contributed by atoms with van der Waals surface area (Å²) in [6.07, 6.45) is 2.60. The van der Waals surface area contributed by atoms with Crippen LogP contribution in [0.3, 0.4) is 0 Å². The predicted octanol–water partition coefficient (Wildman–Crippen LogP) is 4.03. The highest BCUT2D eigenvalue weighted by Gasteiger charge is 2.21. The summed E-state index contributed by atoms with van der Waals surface area (Å²) in [5.41, 5.74) is 2.09. The molecule has 3 aromatic rings. The van der Waals surface area contributed by atoms with Gasteiger partial charge in [0.05, 0.1) is 19.9 Å². The summed E-state index contributed by atoms with van der Waals surface area (Å²) in [5.74, 6) is 3.09. The van der Waals surface area contributed by atoms with E-state index in [9.17, 15) is 4.79 Å². The summed E-state index contributed by atoms with van der Waals surface area (Å²) >= 11 is 0. The highest BCUT2D eigenvalue weighted by atomic mass is 16.5. The molecular formula is C25H29N3O4. The van der Waals surface area contributed by atoms with Crippen molar-refractivity contribution in [3.63, 3.8) is 0 Å². The second kappa shape index (κ2) is 10.2. The van der Waals surface area contributed by atoms with Crippen molar-refractivity contribution in [1.82, 2.24) is 9.88 Å². The second-order valence-electron chi connectivity index (χ2n) is 7.64. The van der Waals surface area contributed by atoms with Crippen LogP contribution >= 0.6 is 0 Å². The van der Waals surface area contributed by atoms with Crippen LogP contribution < -0.4 is 14.4 Å². The number of amides is 1. The summed E-state index contributed by atoms with van der Waals surface area (Å²) in [6, 6.07) is 15.8. The Morgan fingerprint density at radius 3 is 2.34 bits per heavy atom. The van der Waals surface area contributed by atoms with E-state index in [-0.39, 0.29) is 5.91 Å². The third kappa shape index (κ3) is 5.22. The van der Waals surface area contributed by atoms with Crippen LogP contribution in [-0.4, -0.2) is 55.7 Å². The van der Waals surface area contributed by atoms with Crippen molar-refractivity contribution in [1.29, 1.82) is 0 Å². The van der Waals surface area contributed by atoms with Gasteiger partial charge in [0.1, 0.15) is 11.5 Å². The molecule has 0 bridgehead atoms. The first-order chi connectivity index (χ1) is 15.7. The maximum absolute atomic E-state index is 12.7. The lowest BCUT2D eigenvalue weighted by atomic mass is 10.2. The van der Waals surface area contributed by atoms with E-state index in [2.05, 4.69) is 22.0 Å². The quantitative estimate of drug-likeness (QED) is 0.532. The normalized spacial score (nSPS) is 13.8. The summed E-state index contributed by atoms with van der Waals surface area (Å²) in [5, 5.41) is 0. The van der Waals surface area contributed by atoms with Gasteiger partial charge in [0.2, 0.25) is 5.91 Å². The number of hydrogen-bond donors (Lipinski definition) is 0. The second-order valence-corrected chi connectivity index (χ2v) is 7.64. The molecule has 1 saturated heterocycles. The van der Waals surface area contributed by atoms with Gasteiger partial charge < -0.3 is 23.7 Å². The van der Waals surface area contributed by atoms with Crippen molar-refractivity contribution < 1.29 is 18.7 Å². The molecule has 168 valence electrons. The van der Waals surface area contributed by atoms with E-state index in [1.54, 1.807) is 13.3 Å². The van der Waals surface area contributed by atoms with Crippen LogP contribution in [0.25, 0.3) is 11.3 Å². The Morgan fingerprint density at radius 2 is 1.69 bits per heavy atom. The Morgan fingerprint density at radius 1 is 1.00 bits per heavy atom. The number of methoxy groups -OCH3 is 1. The van der Waals surface area contributed by atoms with Gasteiger partial charge in [0.15, 0.2) is 11.7 Å². The van der Waals surface area contributed by atoms with Gasteiger partial charge in [-0.15, -0.1) is 0 Å². The molecular weight excluding hydrogens is 406 g/mol. The molecule has 0 N–H and O–H groups in total. The standard InChI is InChI=1S/C25H29N3O4/c1-3-31-22-8-4-19(5-9-22)23-18-26-24(32-23)12-13-25(29)28-16-14-27(15-17-28)20-6-10-21(30-2)11-7-20/h4-11,18H,3,12-17H2,1-2H3. The van der Waals surface area contributed by atoms with Crippen LogP contribution in [0.1, 0.15) is 19.2 Å². The molecule has 1 amide bonds. The van der Waals surface area contributed by atoms with Crippen LogP contribution in [0.5, 0.6) is 11.5 Å². The summed E-state index contributed by atoms with van der Waals surface area (Å²) in [6.45, 7) is 5.66. The third-order valence-corrected chi connectivity index (χ3v) is 5.63. The van der Waals surface area contributed by atoms with Crippen molar-refractivity contribution in [2.45, 2.75) is 19.8 Å². The Labute approximate surface area is 188 Å². The van der Waals surface area contributed by atoms with Crippen molar-refractivity contribution in [3.8, 4) is 22.8 Å². The number of aryl methyl sites for hydroxylation is 1. The van der Waals surface area contributed by atoms with E-state index < -0.39 is 0 Å². The number of nitrogens with zero attached hydrogens (tertiary/aromatic N) is 3. The van der Waals surface area contributed by atoms with E-state index in [4.69, 9.17) is 13.9 Å². The van der Waals surface area contributed by atoms with Crippen molar-refractivity contribution in [3.05, 3.63) is 60.6 Å². The molecule has 7 nitrogen and oxygen atoms in total. The number of anilines is 1. The molecule has 0 unspecified atom stereocenters. The lowest BCUT2D eigenvalue weighted by molar-refractivity contribution is -0.131. The van der Waals surface area contributed by atoms with Crippen LogP contribution in [-0.2, 0) is 11.2 Å². The Hall–Kier alpha value is -3.48. The fourth-order valence-corrected chi connectivity index (χ4v) is 3.82. The minimum absolute atomic E-state index is 0.139. The Kier molecular flexibility index (Phi) is 6.94. The largest absolute Gasteiger partial charge is 0.497 e. The monoisotopic (exact) mass is 435 g/mol. The zero-order valence-electron chi connectivity index (χ0n) is 18.6. The van der Waals surface area contributed by atoms with Crippen LogP contribution in [0, 0.1) is 0 Å². The lowest BCUT2D eigenvalue weighted by Gasteiger charge is -2.36. The van der Waals surface area contributed by atoms with Crippen molar-refractivity contribution in [2.24, 2.45) is 0 Å². The van der Waals surface area contributed by atoms with Gasteiger partial charge in [-0.05, 0) is 55.5 Å². The molecule has 0 saturated carbocycles. The molecule has 32 heavy (non-hydrogen) atoms.